The van der Waals surface area contributed by atoms with Gasteiger partial charge in [0.2, 0.25) is 0 Å². The number of hydrogen-bond acceptors (Lipinski definition) is 3. The molecule has 0 aliphatic rings. The van der Waals surface area contributed by atoms with Crippen molar-refractivity contribution < 1.29 is 5.11 Å². The van der Waals surface area contributed by atoms with Crippen LogP contribution in [0, 0.1) is 11.8 Å². The van der Waals surface area contributed by atoms with E-state index < -0.39 is 6.10 Å². The number of nitrogens with one attached hydrogen (secondary N) is 1. The number of aliphatic hydroxyl groups excluding tert-OH is 1. The second-order valence-electron chi connectivity index (χ2n) is 2.91. The summed E-state index contributed by atoms with van der Waals surface area (Å²) < 4.78 is 0. The maximum Gasteiger partial charge on any atom is 0.141 e. The van der Waals surface area contributed by atoms with E-state index in [9.17, 15) is 0 Å². The number of nitrogens with zero attached hydrogens (tertiary/aromatic N) is 2. The van der Waals surface area contributed by atoms with Gasteiger partial charge in [0.1, 0.15) is 23.8 Å². The molecule has 4 heteroatoms. The number of H-pyrrole nitrogens is 1. The van der Waals surface area contributed by atoms with Crippen molar-refractivity contribution in [2.75, 3.05) is 0 Å². The molecule has 2 aromatic heterocycles. The van der Waals surface area contributed by atoms with Crippen molar-refractivity contribution in [3.05, 3.63) is 24.3 Å². The first kappa shape index (κ1) is 8.73. The average molecular weight is 187 g/mol. The third-order valence-electron chi connectivity index (χ3n) is 1.75. The molecule has 4 nitrogen and oxygen atoms in total. The molecule has 2 rings (SSSR count). The van der Waals surface area contributed by atoms with Crippen LogP contribution in [-0.4, -0.2) is 26.2 Å². The smallest absolute Gasteiger partial charge is 0.141 e. The van der Waals surface area contributed by atoms with Crippen molar-refractivity contribution in [1.82, 2.24) is 15.0 Å². The Bertz CT molecular complexity index is 505. The van der Waals surface area contributed by atoms with Gasteiger partial charge < -0.3 is 10.1 Å². The Labute approximate surface area is 81.0 Å². The maximum absolute atomic E-state index is 9.01. The summed E-state index contributed by atoms with van der Waals surface area (Å²) in [6, 6.07) is 1.86. The first-order valence-corrected chi connectivity index (χ1v) is 4.25. The Kier molecular flexibility index (Phi) is 2.17. The summed E-state index contributed by atoms with van der Waals surface area (Å²) in [6.07, 6.45) is 2.59. The highest BCUT2D eigenvalue weighted by atomic mass is 16.3. The molecule has 1 unspecified atom stereocenters. The molecule has 70 valence electrons. The molecule has 0 amide bonds. The first-order valence-electron chi connectivity index (χ1n) is 4.25. The van der Waals surface area contributed by atoms with Gasteiger partial charge in [0.15, 0.2) is 0 Å². The van der Waals surface area contributed by atoms with E-state index in [-0.39, 0.29) is 0 Å². The fourth-order valence-electron chi connectivity index (χ4n) is 1.14. The number of aromatic amines is 1. The molecule has 2 heterocycles. The minimum absolute atomic E-state index is 0.636. The summed E-state index contributed by atoms with van der Waals surface area (Å²) in [6.45, 7) is 1.61. The van der Waals surface area contributed by atoms with Gasteiger partial charge in [-0.25, -0.2) is 9.97 Å². The lowest BCUT2D eigenvalue weighted by Gasteiger charge is -1.92. The summed E-state index contributed by atoms with van der Waals surface area (Å²) in [4.78, 5) is 11.0. The van der Waals surface area contributed by atoms with Crippen LogP contribution in [0.25, 0.3) is 11.0 Å². The van der Waals surface area contributed by atoms with Gasteiger partial charge in [0.25, 0.3) is 0 Å². The highest BCUT2D eigenvalue weighted by Crippen LogP contribution is 2.10. The molecule has 0 radical (unpaired) electrons. The maximum atomic E-state index is 9.01. The number of aliphatic hydroxyl groups is 1. The molecule has 0 aliphatic carbocycles. The molecular weight excluding hydrogens is 178 g/mol. The quantitative estimate of drug-likeness (QED) is 0.596. The van der Waals surface area contributed by atoms with Gasteiger partial charge in [-0.05, 0) is 18.9 Å². The van der Waals surface area contributed by atoms with Gasteiger partial charge in [0.05, 0.1) is 5.39 Å². The molecule has 0 fully saturated rings. The topological polar surface area (TPSA) is 61.8 Å². The van der Waals surface area contributed by atoms with Gasteiger partial charge >= 0.3 is 0 Å². The standard InChI is InChI=1S/C10H9N3O/c1-7(14)2-3-9-8-4-5-11-10(8)13-6-12-9/h4-7,14H,1H3,(H,11,12,13). The fourth-order valence-corrected chi connectivity index (χ4v) is 1.14. The zero-order valence-corrected chi connectivity index (χ0v) is 7.65. The first-order chi connectivity index (χ1) is 6.77. The zero-order valence-electron chi connectivity index (χ0n) is 7.65. The average Bonchev–Trinajstić information content (AvgIpc) is 2.62. The van der Waals surface area contributed by atoms with E-state index in [0.29, 0.717) is 5.69 Å². The van der Waals surface area contributed by atoms with Crippen molar-refractivity contribution in [3.8, 4) is 11.8 Å². The number of aromatic nitrogens is 3. The van der Waals surface area contributed by atoms with Crippen molar-refractivity contribution in [2.45, 2.75) is 13.0 Å². The summed E-state index contributed by atoms with van der Waals surface area (Å²) in [5.74, 6) is 5.45. The van der Waals surface area contributed by atoms with E-state index >= 15 is 0 Å². The van der Waals surface area contributed by atoms with E-state index in [4.69, 9.17) is 5.11 Å². The van der Waals surface area contributed by atoms with Crippen LogP contribution in [0.1, 0.15) is 12.6 Å². The van der Waals surface area contributed by atoms with Gasteiger partial charge in [0, 0.05) is 6.20 Å². The molecule has 0 saturated carbocycles. The Balaban J connectivity index is 2.53. The van der Waals surface area contributed by atoms with E-state index in [1.54, 1.807) is 13.1 Å². The number of rotatable bonds is 0. The van der Waals surface area contributed by atoms with Crippen molar-refractivity contribution in [3.63, 3.8) is 0 Å². The Morgan fingerprint density at radius 1 is 1.50 bits per heavy atom. The molecule has 2 aromatic rings. The van der Waals surface area contributed by atoms with E-state index in [1.807, 2.05) is 6.07 Å². The van der Waals surface area contributed by atoms with Gasteiger partial charge in [-0.1, -0.05) is 5.92 Å². The van der Waals surface area contributed by atoms with Crippen LogP contribution in [0.5, 0.6) is 0 Å². The minimum Gasteiger partial charge on any atom is -0.381 e. The van der Waals surface area contributed by atoms with Crippen molar-refractivity contribution >= 4 is 11.0 Å². The highest BCUT2D eigenvalue weighted by Gasteiger charge is 2.00. The molecule has 0 aromatic carbocycles. The molecule has 0 saturated heterocycles. The van der Waals surface area contributed by atoms with Crippen molar-refractivity contribution in [1.29, 1.82) is 0 Å². The van der Waals surface area contributed by atoms with Gasteiger partial charge in [-0.15, -0.1) is 0 Å². The summed E-state index contributed by atoms with van der Waals surface area (Å²) in [7, 11) is 0. The summed E-state index contributed by atoms with van der Waals surface area (Å²) >= 11 is 0. The Morgan fingerprint density at radius 3 is 3.14 bits per heavy atom. The van der Waals surface area contributed by atoms with Crippen LogP contribution < -0.4 is 0 Å². The molecule has 0 bridgehead atoms. The largest absolute Gasteiger partial charge is 0.381 e. The second-order valence-corrected chi connectivity index (χ2v) is 2.91. The van der Waals surface area contributed by atoms with Crippen LogP contribution in [0.2, 0.25) is 0 Å². The van der Waals surface area contributed by atoms with Crippen LogP contribution in [-0.2, 0) is 0 Å². The van der Waals surface area contributed by atoms with Crippen molar-refractivity contribution in [2.24, 2.45) is 0 Å². The van der Waals surface area contributed by atoms with Crippen LogP contribution >= 0.6 is 0 Å². The van der Waals surface area contributed by atoms with Crippen LogP contribution in [0.15, 0.2) is 18.6 Å². The molecular formula is C10H9N3O. The number of fused-ring (bicyclic) bond motifs is 1. The molecule has 0 aliphatic heterocycles. The Morgan fingerprint density at radius 2 is 2.36 bits per heavy atom. The zero-order chi connectivity index (χ0) is 9.97. The summed E-state index contributed by atoms with van der Waals surface area (Å²) in [5.41, 5.74) is 1.40. The normalized spacial score (nSPS) is 12.1. The van der Waals surface area contributed by atoms with E-state index in [2.05, 4.69) is 26.8 Å². The Hall–Kier alpha value is -1.86. The molecule has 1 atom stereocenters. The lowest BCUT2D eigenvalue weighted by molar-refractivity contribution is 0.253. The second kappa shape index (κ2) is 3.48. The molecule has 14 heavy (non-hydrogen) atoms. The third-order valence-corrected chi connectivity index (χ3v) is 1.75. The summed E-state index contributed by atoms with van der Waals surface area (Å²) in [5, 5.41) is 9.89. The fraction of sp³-hybridized carbons (Fsp3) is 0.200. The van der Waals surface area contributed by atoms with Crippen LogP contribution in [0.4, 0.5) is 0 Å². The minimum atomic E-state index is -0.640. The highest BCUT2D eigenvalue weighted by molar-refractivity contribution is 5.80. The predicted molar refractivity (Wildman–Crippen MR) is 52.4 cm³/mol. The monoisotopic (exact) mass is 187 g/mol. The SMILES string of the molecule is CC(O)C#Cc1ncnc2[nH]ccc12. The van der Waals surface area contributed by atoms with E-state index in [1.165, 1.54) is 6.33 Å². The molecule has 0 spiro atoms. The lowest BCUT2D eigenvalue weighted by Crippen LogP contribution is -1.94. The van der Waals surface area contributed by atoms with Gasteiger partial charge in [-0.2, -0.15) is 0 Å². The van der Waals surface area contributed by atoms with Crippen LogP contribution in [0.3, 0.4) is 0 Å². The third kappa shape index (κ3) is 1.58. The number of hydrogen-bond donors (Lipinski definition) is 2. The lowest BCUT2D eigenvalue weighted by atomic mass is 10.2. The van der Waals surface area contributed by atoms with E-state index in [0.717, 1.165) is 11.0 Å². The van der Waals surface area contributed by atoms with Gasteiger partial charge in [-0.3, -0.25) is 0 Å². The predicted octanol–water partition coefficient (Wildman–Crippen LogP) is 0.690. The molecule has 2 N–H and O–H groups in total.